The molecule has 28 heavy (non-hydrogen) atoms. The highest BCUT2D eigenvalue weighted by atomic mass is 16.5. The molecule has 1 aromatic carbocycles. The minimum absolute atomic E-state index is 0.205. The van der Waals surface area contributed by atoms with Crippen LogP contribution in [0.1, 0.15) is 61.7 Å². The van der Waals surface area contributed by atoms with Crippen LogP contribution >= 0.6 is 0 Å². The molecule has 150 valence electrons. The van der Waals surface area contributed by atoms with E-state index in [2.05, 4.69) is 17.3 Å². The molecular formula is C22H29N3O3. The average molecular weight is 383 g/mol. The molecule has 1 saturated heterocycles. The molecule has 0 bridgehead atoms. The Morgan fingerprint density at radius 3 is 2.89 bits per heavy atom. The Balaban J connectivity index is 1.46. The molecule has 6 nitrogen and oxygen atoms in total. The van der Waals surface area contributed by atoms with Gasteiger partial charge in [-0.15, -0.1) is 0 Å². The first-order chi connectivity index (χ1) is 13.7. The quantitative estimate of drug-likeness (QED) is 0.698. The van der Waals surface area contributed by atoms with Gasteiger partial charge in [0.25, 0.3) is 0 Å². The fourth-order valence-electron chi connectivity index (χ4n) is 4.14. The van der Waals surface area contributed by atoms with Gasteiger partial charge in [-0.3, -0.25) is 4.79 Å². The van der Waals surface area contributed by atoms with E-state index < -0.39 is 0 Å². The van der Waals surface area contributed by atoms with Crippen LogP contribution in [0.2, 0.25) is 0 Å². The summed E-state index contributed by atoms with van der Waals surface area (Å²) in [4.78, 5) is 19.7. The summed E-state index contributed by atoms with van der Waals surface area (Å²) in [7, 11) is 1.71. The predicted octanol–water partition coefficient (Wildman–Crippen LogP) is 3.48. The fourth-order valence-corrected chi connectivity index (χ4v) is 4.14. The molecule has 2 heterocycles. The molecule has 1 saturated carbocycles. The molecule has 1 aliphatic carbocycles. The van der Waals surface area contributed by atoms with Crippen molar-refractivity contribution in [2.75, 3.05) is 26.8 Å². The first kappa shape index (κ1) is 19.1. The van der Waals surface area contributed by atoms with Gasteiger partial charge in [0.05, 0.1) is 5.41 Å². The second kappa shape index (κ2) is 8.43. The molecule has 2 aliphatic rings. The number of likely N-dealkylation sites (tertiary alicyclic amines) is 1. The van der Waals surface area contributed by atoms with E-state index in [1.165, 1.54) is 5.56 Å². The first-order valence-corrected chi connectivity index (χ1v) is 10.3. The van der Waals surface area contributed by atoms with Gasteiger partial charge in [0.1, 0.15) is 0 Å². The number of methoxy groups -OCH3 is 1. The lowest BCUT2D eigenvalue weighted by Gasteiger charge is -2.41. The monoisotopic (exact) mass is 383 g/mol. The van der Waals surface area contributed by atoms with Gasteiger partial charge in [-0.2, -0.15) is 4.98 Å². The highest BCUT2D eigenvalue weighted by molar-refractivity contribution is 5.76. The molecule has 2 fully saturated rings. The summed E-state index contributed by atoms with van der Waals surface area (Å²) >= 11 is 0. The minimum Gasteiger partial charge on any atom is -0.385 e. The summed E-state index contributed by atoms with van der Waals surface area (Å²) in [5.41, 5.74) is 0.929. The van der Waals surface area contributed by atoms with E-state index in [1.54, 1.807) is 7.11 Å². The van der Waals surface area contributed by atoms with E-state index >= 15 is 0 Å². The van der Waals surface area contributed by atoms with Crippen LogP contribution in [0.25, 0.3) is 0 Å². The summed E-state index contributed by atoms with van der Waals surface area (Å²) in [6, 6.07) is 10.2. The SMILES string of the molecule is COCCC1(c2noc(C3CC3)n2)CCCN(C(=O)CCc2ccccc2)C1. The molecule has 1 unspecified atom stereocenters. The molecule has 6 heteroatoms. The van der Waals surface area contributed by atoms with Crippen molar-refractivity contribution in [1.29, 1.82) is 0 Å². The first-order valence-electron chi connectivity index (χ1n) is 10.3. The summed E-state index contributed by atoms with van der Waals surface area (Å²) in [6.45, 7) is 2.07. The van der Waals surface area contributed by atoms with Crippen LogP contribution < -0.4 is 0 Å². The number of aryl methyl sites for hydroxylation is 1. The van der Waals surface area contributed by atoms with E-state index in [0.29, 0.717) is 25.5 Å². The topological polar surface area (TPSA) is 68.5 Å². The number of aromatic nitrogens is 2. The molecule has 1 aromatic heterocycles. The maximum Gasteiger partial charge on any atom is 0.229 e. The molecule has 4 rings (SSSR count). The fraction of sp³-hybridized carbons (Fsp3) is 0.591. The number of rotatable bonds is 8. The number of piperidine rings is 1. The number of hydrogen-bond donors (Lipinski definition) is 0. The number of benzene rings is 1. The third kappa shape index (κ3) is 4.27. The van der Waals surface area contributed by atoms with Gasteiger partial charge in [0, 0.05) is 39.1 Å². The number of carbonyl (C=O) groups excluding carboxylic acids is 1. The summed E-state index contributed by atoms with van der Waals surface area (Å²) in [6.07, 6.45) is 6.29. The van der Waals surface area contributed by atoms with E-state index in [9.17, 15) is 4.79 Å². The van der Waals surface area contributed by atoms with E-state index in [4.69, 9.17) is 14.2 Å². The Labute approximate surface area is 166 Å². The van der Waals surface area contributed by atoms with E-state index in [1.807, 2.05) is 23.1 Å². The number of hydrogen-bond acceptors (Lipinski definition) is 5. The maximum atomic E-state index is 12.9. The maximum absolute atomic E-state index is 12.9. The van der Waals surface area contributed by atoms with Gasteiger partial charge >= 0.3 is 0 Å². The lowest BCUT2D eigenvalue weighted by molar-refractivity contribution is -0.133. The highest BCUT2D eigenvalue weighted by Crippen LogP contribution is 2.41. The lowest BCUT2D eigenvalue weighted by Crippen LogP contribution is -2.49. The van der Waals surface area contributed by atoms with Crippen LogP contribution in [0, 0.1) is 0 Å². The van der Waals surface area contributed by atoms with Crippen molar-refractivity contribution in [3.05, 3.63) is 47.6 Å². The summed E-state index contributed by atoms with van der Waals surface area (Å²) in [5, 5.41) is 4.33. The van der Waals surface area contributed by atoms with Crippen molar-refractivity contribution in [1.82, 2.24) is 15.0 Å². The van der Waals surface area contributed by atoms with Gasteiger partial charge in [0.2, 0.25) is 11.8 Å². The molecule has 2 aromatic rings. The Hall–Kier alpha value is -2.21. The Kier molecular flexibility index (Phi) is 5.76. The van der Waals surface area contributed by atoms with Crippen molar-refractivity contribution < 1.29 is 14.1 Å². The second-order valence-corrected chi connectivity index (χ2v) is 8.16. The molecule has 0 N–H and O–H groups in total. The van der Waals surface area contributed by atoms with Crippen LogP contribution in [0.5, 0.6) is 0 Å². The number of nitrogens with zero attached hydrogens (tertiary/aromatic N) is 3. The minimum atomic E-state index is -0.271. The van der Waals surface area contributed by atoms with Crippen LogP contribution in [0.4, 0.5) is 0 Å². The van der Waals surface area contributed by atoms with Crippen molar-refractivity contribution in [2.45, 2.75) is 56.3 Å². The third-order valence-electron chi connectivity index (χ3n) is 6.03. The zero-order valence-corrected chi connectivity index (χ0v) is 16.6. The lowest BCUT2D eigenvalue weighted by atomic mass is 9.76. The van der Waals surface area contributed by atoms with Crippen molar-refractivity contribution in [2.24, 2.45) is 0 Å². The van der Waals surface area contributed by atoms with Gasteiger partial charge in [0.15, 0.2) is 5.82 Å². The molecule has 0 spiro atoms. The average Bonchev–Trinajstić information content (AvgIpc) is 3.47. The Morgan fingerprint density at radius 2 is 2.14 bits per heavy atom. The zero-order valence-electron chi connectivity index (χ0n) is 16.6. The second-order valence-electron chi connectivity index (χ2n) is 8.16. The highest BCUT2D eigenvalue weighted by Gasteiger charge is 2.43. The smallest absolute Gasteiger partial charge is 0.229 e. The largest absolute Gasteiger partial charge is 0.385 e. The normalized spacial score (nSPS) is 22.4. The van der Waals surface area contributed by atoms with E-state index in [-0.39, 0.29) is 11.3 Å². The molecule has 1 aliphatic heterocycles. The Bertz CT molecular complexity index is 787. The number of carbonyl (C=O) groups is 1. The predicted molar refractivity (Wildman–Crippen MR) is 105 cm³/mol. The number of ether oxygens (including phenoxy) is 1. The third-order valence-corrected chi connectivity index (χ3v) is 6.03. The zero-order chi connectivity index (χ0) is 19.4. The summed E-state index contributed by atoms with van der Waals surface area (Å²) < 4.78 is 10.9. The van der Waals surface area contributed by atoms with Crippen LogP contribution in [-0.2, 0) is 21.4 Å². The standard InChI is InChI=1S/C22H29N3O3/c1-27-15-13-22(21-23-20(28-24-21)18-9-10-18)12-5-14-25(16-22)19(26)11-8-17-6-3-2-4-7-17/h2-4,6-7,18H,5,8-16H2,1H3. The molecule has 0 radical (unpaired) electrons. The van der Waals surface area contributed by atoms with Gasteiger partial charge in [-0.1, -0.05) is 35.5 Å². The Morgan fingerprint density at radius 1 is 1.32 bits per heavy atom. The van der Waals surface area contributed by atoms with Crippen molar-refractivity contribution >= 4 is 5.91 Å². The van der Waals surface area contributed by atoms with Gasteiger partial charge in [-0.05, 0) is 44.1 Å². The van der Waals surface area contributed by atoms with Crippen molar-refractivity contribution in [3.8, 4) is 0 Å². The van der Waals surface area contributed by atoms with Gasteiger partial charge in [-0.25, -0.2) is 0 Å². The van der Waals surface area contributed by atoms with Crippen LogP contribution in [-0.4, -0.2) is 47.8 Å². The number of amides is 1. The van der Waals surface area contributed by atoms with Crippen LogP contribution in [0.15, 0.2) is 34.9 Å². The summed E-state index contributed by atoms with van der Waals surface area (Å²) in [5.74, 6) is 2.16. The molecular weight excluding hydrogens is 354 g/mol. The van der Waals surface area contributed by atoms with Gasteiger partial charge < -0.3 is 14.2 Å². The molecule has 1 atom stereocenters. The van der Waals surface area contributed by atoms with E-state index in [0.717, 1.165) is 56.8 Å². The van der Waals surface area contributed by atoms with Crippen LogP contribution in [0.3, 0.4) is 0 Å². The van der Waals surface area contributed by atoms with Crippen molar-refractivity contribution in [3.63, 3.8) is 0 Å². The molecule has 1 amide bonds.